The first-order valence-corrected chi connectivity index (χ1v) is 21.7. The molecule has 0 saturated carbocycles. The Balaban J connectivity index is 1.18. The zero-order valence-electron chi connectivity index (χ0n) is 34.9. The maximum Gasteiger partial charge on any atom is 0.145 e. The predicted octanol–water partition coefficient (Wildman–Crippen LogP) is 15.8. The van der Waals surface area contributed by atoms with Gasteiger partial charge in [-0.2, -0.15) is 0 Å². The van der Waals surface area contributed by atoms with E-state index < -0.39 is 5.41 Å². The minimum atomic E-state index is -0.549. The molecule has 9 aromatic carbocycles. The maximum absolute atomic E-state index is 7.21. The van der Waals surface area contributed by atoms with Crippen LogP contribution in [0.15, 0.2) is 205 Å². The monoisotopic (exact) mass is 794 g/mol. The van der Waals surface area contributed by atoms with Crippen molar-refractivity contribution in [2.24, 2.45) is 0 Å². The standard InChI is InChI=1S/C59H42N2O/c1-58(2,3)37-29-31-39(32-30-37)60(40-33-34-44-43-21-10-15-27-51(43)61(52(44)35-40)38-17-5-4-6-18-38)53-36-50-55(57-56(53)46-23-11-16-28-54(46)62-57)45-22-9-14-26-49(45)59(50)47-24-12-7-19-41(47)42-20-8-13-25-48(42)59/h4-36H,1-3H3. The van der Waals surface area contributed by atoms with Crippen LogP contribution in [-0.2, 0) is 10.8 Å². The Bertz CT molecular complexity index is 3570. The fourth-order valence-corrected chi connectivity index (χ4v) is 11.1. The van der Waals surface area contributed by atoms with Crippen LogP contribution in [0.2, 0.25) is 0 Å². The van der Waals surface area contributed by atoms with Crippen molar-refractivity contribution in [3.05, 3.63) is 228 Å². The van der Waals surface area contributed by atoms with E-state index in [0.717, 1.165) is 50.2 Å². The summed E-state index contributed by atoms with van der Waals surface area (Å²) in [5, 5.41) is 4.66. The molecule has 294 valence electrons. The second-order valence-corrected chi connectivity index (χ2v) is 18.0. The zero-order chi connectivity index (χ0) is 41.3. The van der Waals surface area contributed by atoms with Crippen LogP contribution in [0.3, 0.4) is 0 Å². The minimum Gasteiger partial charge on any atom is -0.455 e. The van der Waals surface area contributed by atoms with E-state index in [9.17, 15) is 0 Å². The number of anilines is 3. The molecule has 2 heterocycles. The van der Waals surface area contributed by atoms with Crippen molar-refractivity contribution in [3.63, 3.8) is 0 Å². The summed E-state index contributed by atoms with van der Waals surface area (Å²) >= 11 is 0. The third-order valence-corrected chi connectivity index (χ3v) is 13.7. The fraction of sp³-hybridized carbons (Fsp3) is 0.0847. The molecule has 0 N–H and O–H groups in total. The van der Waals surface area contributed by atoms with E-state index in [1.807, 2.05) is 0 Å². The number of fused-ring (bicyclic) bond motifs is 17. The quantitative estimate of drug-likeness (QED) is 0.177. The third kappa shape index (κ3) is 4.65. The number of hydrogen-bond acceptors (Lipinski definition) is 2. The van der Waals surface area contributed by atoms with Gasteiger partial charge in [0.1, 0.15) is 11.2 Å². The van der Waals surface area contributed by atoms with Crippen molar-refractivity contribution < 1.29 is 4.42 Å². The molecule has 2 aromatic heterocycles. The second-order valence-electron chi connectivity index (χ2n) is 18.0. The van der Waals surface area contributed by atoms with E-state index in [4.69, 9.17) is 4.42 Å². The van der Waals surface area contributed by atoms with Crippen molar-refractivity contribution in [2.75, 3.05) is 4.90 Å². The summed E-state index contributed by atoms with van der Waals surface area (Å²) in [6.07, 6.45) is 0. The smallest absolute Gasteiger partial charge is 0.145 e. The minimum absolute atomic E-state index is 0.00189. The maximum atomic E-state index is 7.21. The lowest BCUT2D eigenvalue weighted by atomic mass is 9.70. The lowest BCUT2D eigenvalue weighted by Gasteiger charge is -2.32. The number of nitrogens with zero attached hydrogens (tertiary/aromatic N) is 2. The average molecular weight is 795 g/mol. The molecule has 13 rings (SSSR count). The summed E-state index contributed by atoms with van der Waals surface area (Å²) in [6, 6.07) is 74.0. The topological polar surface area (TPSA) is 21.3 Å². The van der Waals surface area contributed by atoms with Crippen molar-refractivity contribution in [1.29, 1.82) is 0 Å². The summed E-state index contributed by atoms with van der Waals surface area (Å²) in [6.45, 7) is 6.85. The molecule has 0 amide bonds. The van der Waals surface area contributed by atoms with Crippen molar-refractivity contribution >= 4 is 60.8 Å². The molecular weight excluding hydrogens is 753 g/mol. The van der Waals surface area contributed by atoms with Crippen molar-refractivity contribution in [2.45, 2.75) is 31.6 Å². The Morgan fingerprint density at radius 3 is 1.74 bits per heavy atom. The van der Waals surface area contributed by atoms with Gasteiger partial charge in [-0.25, -0.2) is 0 Å². The second kappa shape index (κ2) is 12.7. The predicted molar refractivity (Wildman–Crippen MR) is 258 cm³/mol. The molecule has 2 aliphatic rings. The van der Waals surface area contributed by atoms with E-state index >= 15 is 0 Å². The van der Waals surface area contributed by atoms with Crippen molar-refractivity contribution in [3.8, 4) is 27.9 Å². The number of rotatable bonds is 4. The summed E-state index contributed by atoms with van der Waals surface area (Å²) in [7, 11) is 0. The largest absolute Gasteiger partial charge is 0.455 e. The average Bonchev–Trinajstić information content (AvgIpc) is 4.03. The molecule has 3 nitrogen and oxygen atoms in total. The van der Waals surface area contributed by atoms with Crippen LogP contribution in [0.1, 0.15) is 48.6 Å². The molecule has 0 aliphatic heterocycles. The zero-order valence-corrected chi connectivity index (χ0v) is 34.9. The first kappa shape index (κ1) is 35.2. The van der Waals surface area contributed by atoms with E-state index in [2.05, 4.69) is 230 Å². The van der Waals surface area contributed by atoms with Gasteiger partial charge in [0.15, 0.2) is 0 Å². The molecule has 0 saturated heterocycles. The third-order valence-electron chi connectivity index (χ3n) is 13.7. The van der Waals surface area contributed by atoms with Crippen LogP contribution >= 0.6 is 0 Å². The number of furan rings is 1. The van der Waals surface area contributed by atoms with Gasteiger partial charge in [0, 0.05) is 38.8 Å². The Hall–Kier alpha value is -7.62. The molecular formula is C59H42N2O. The highest BCUT2D eigenvalue weighted by molar-refractivity contribution is 6.20. The molecule has 2 aliphatic carbocycles. The van der Waals surface area contributed by atoms with Crippen LogP contribution < -0.4 is 4.90 Å². The summed E-state index contributed by atoms with van der Waals surface area (Å²) < 4.78 is 9.63. The van der Waals surface area contributed by atoms with Crippen LogP contribution in [-0.4, -0.2) is 4.57 Å². The summed E-state index contributed by atoms with van der Waals surface area (Å²) in [5.41, 5.74) is 19.4. The van der Waals surface area contributed by atoms with Gasteiger partial charge in [-0.15, -0.1) is 0 Å². The fourth-order valence-electron chi connectivity index (χ4n) is 11.1. The first-order valence-electron chi connectivity index (χ1n) is 21.7. The van der Waals surface area contributed by atoms with E-state index in [1.165, 1.54) is 66.4 Å². The lowest BCUT2D eigenvalue weighted by Crippen LogP contribution is -2.26. The molecule has 11 aromatic rings. The highest BCUT2D eigenvalue weighted by atomic mass is 16.3. The normalized spacial score (nSPS) is 13.5. The van der Waals surface area contributed by atoms with Crippen LogP contribution in [0, 0.1) is 0 Å². The summed E-state index contributed by atoms with van der Waals surface area (Å²) in [5.74, 6) is 0. The van der Waals surface area contributed by atoms with Gasteiger partial charge in [-0.1, -0.05) is 166 Å². The van der Waals surface area contributed by atoms with Crippen LogP contribution in [0.25, 0.3) is 71.7 Å². The van der Waals surface area contributed by atoms with Crippen molar-refractivity contribution in [1.82, 2.24) is 4.57 Å². The Labute approximate surface area is 360 Å². The molecule has 0 radical (unpaired) electrons. The molecule has 0 unspecified atom stereocenters. The number of aromatic nitrogens is 1. The van der Waals surface area contributed by atoms with Gasteiger partial charge in [-0.05, 0) is 105 Å². The molecule has 62 heavy (non-hydrogen) atoms. The number of para-hydroxylation sites is 3. The number of benzene rings is 9. The highest BCUT2D eigenvalue weighted by Gasteiger charge is 2.53. The van der Waals surface area contributed by atoms with Gasteiger partial charge >= 0.3 is 0 Å². The Morgan fingerprint density at radius 1 is 0.468 bits per heavy atom. The molecule has 1 spiro atoms. The van der Waals surface area contributed by atoms with Crippen LogP contribution in [0.4, 0.5) is 17.1 Å². The molecule has 3 heteroatoms. The lowest BCUT2D eigenvalue weighted by molar-refractivity contribution is 0.590. The van der Waals surface area contributed by atoms with E-state index in [1.54, 1.807) is 0 Å². The molecule has 0 atom stereocenters. The number of hydrogen-bond donors (Lipinski definition) is 0. The van der Waals surface area contributed by atoms with E-state index in [0.29, 0.717) is 0 Å². The van der Waals surface area contributed by atoms with Gasteiger partial charge < -0.3 is 13.9 Å². The van der Waals surface area contributed by atoms with E-state index in [-0.39, 0.29) is 5.41 Å². The highest BCUT2D eigenvalue weighted by Crippen LogP contribution is 2.65. The van der Waals surface area contributed by atoms with Gasteiger partial charge in [-0.3, -0.25) is 0 Å². The SMILES string of the molecule is CC(C)(C)c1ccc(N(c2ccc3c4ccccc4n(-c4ccccc4)c3c2)c2cc3c(c4oc5ccccc5c24)-c2ccccc2C32c3ccccc3-c3ccccc32)cc1. The van der Waals surface area contributed by atoms with Gasteiger partial charge in [0.25, 0.3) is 0 Å². The van der Waals surface area contributed by atoms with Crippen LogP contribution in [0.5, 0.6) is 0 Å². The van der Waals surface area contributed by atoms with Gasteiger partial charge in [0.2, 0.25) is 0 Å². The Morgan fingerprint density at radius 2 is 1.03 bits per heavy atom. The molecule has 0 fully saturated rings. The molecule has 0 bridgehead atoms. The van der Waals surface area contributed by atoms with Gasteiger partial charge in [0.05, 0.1) is 27.5 Å². The Kier molecular flexibility index (Phi) is 7.20. The summed E-state index contributed by atoms with van der Waals surface area (Å²) in [4.78, 5) is 2.49. The first-order chi connectivity index (χ1) is 30.4.